The van der Waals surface area contributed by atoms with Gasteiger partial charge in [-0.25, -0.2) is 9.78 Å². The van der Waals surface area contributed by atoms with Crippen molar-refractivity contribution >= 4 is 5.97 Å². The molecule has 0 bridgehead atoms. The van der Waals surface area contributed by atoms with E-state index >= 15 is 0 Å². The molecule has 0 spiro atoms. The van der Waals surface area contributed by atoms with Gasteiger partial charge in [0.15, 0.2) is 5.69 Å². The molecule has 0 saturated carbocycles. The molecule has 2 aromatic carbocycles. The Labute approximate surface area is 160 Å². The normalized spacial score (nSPS) is 11.6. The van der Waals surface area contributed by atoms with Crippen molar-refractivity contribution in [3.05, 3.63) is 76.1 Å². The Morgan fingerprint density at radius 2 is 1.82 bits per heavy atom. The first-order chi connectivity index (χ1) is 13.1. The number of hydrogen-bond donors (Lipinski definition) is 1. The van der Waals surface area contributed by atoms with Crippen LogP contribution in [0.4, 0.5) is 13.2 Å². The number of aromatic carboxylic acids is 1. The summed E-state index contributed by atoms with van der Waals surface area (Å²) in [7, 11) is 0. The Kier molecular flexibility index (Phi) is 5.02. The summed E-state index contributed by atoms with van der Waals surface area (Å²) in [5.74, 6) is -0.976. The van der Waals surface area contributed by atoms with E-state index in [1.807, 2.05) is 32.0 Å². The number of aryl methyl sites for hydroxylation is 3. The summed E-state index contributed by atoms with van der Waals surface area (Å²) in [5.41, 5.74) is 2.49. The Bertz CT molecular complexity index is 1050. The quantitative estimate of drug-likeness (QED) is 0.665. The first kappa shape index (κ1) is 19.7. The van der Waals surface area contributed by atoms with Crippen LogP contribution in [0.15, 0.2) is 42.5 Å². The van der Waals surface area contributed by atoms with Crippen molar-refractivity contribution in [2.24, 2.45) is 0 Å². The SMILES string of the molecule is Cc1ccc(C)c(Cn2c(-c3cccc(C(F)(F)F)c3)nc(C)c2C(=O)O)c1. The van der Waals surface area contributed by atoms with Crippen molar-refractivity contribution in [3.8, 4) is 11.4 Å². The summed E-state index contributed by atoms with van der Waals surface area (Å²) >= 11 is 0. The molecule has 28 heavy (non-hydrogen) atoms. The van der Waals surface area contributed by atoms with Crippen molar-refractivity contribution in [1.82, 2.24) is 9.55 Å². The van der Waals surface area contributed by atoms with Crippen LogP contribution < -0.4 is 0 Å². The maximum Gasteiger partial charge on any atom is 0.416 e. The van der Waals surface area contributed by atoms with Gasteiger partial charge in [-0.05, 0) is 44.0 Å². The highest BCUT2D eigenvalue weighted by Gasteiger charge is 2.31. The summed E-state index contributed by atoms with van der Waals surface area (Å²) in [6.07, 6.45) is -4.49. The minimum absolute atomic E-state index is 0.0340. The van der Waals surface area contributed by atoms with Crippen molar-refractivity contribution in [1.29, 1.82) is 0 Å². The lowest BCUT2D eigenvalue weighted by Crippen LogP contribution is -2.13. The van der Waals surface area contributed by atoms with Gasteiger partial charge in [-0.15, -0.1) is 0 Å². The number of rotatable bonds is 4. The Balaban J connectivity index is 2.19. The monoisotopic (exact) mass is 388 g/mol. The number of alkyl halides is 3. The highest BCUT2D eigenvalue weighted by molar-refractivity contribution is 5.88. The number of benzene rings is 2. The smallest absolute Gasteiger partial charge is 0.416 e. The number of carboxylic acids is 1. The molecule has 0 atom stereocenters. The van der Waals surface area contributed by atoms with E-state index in [2.05, 4.69) is 4.98 Å². The Hall–Kier alpha value is -3.09. The number of halogens is 3. The lowest BCUT2D eigenvalue weighted by atomic mass is 10.0. The number of aromatic nitrogens is 2. The molecule has 4 nitrogen and oxygen atoms in total. The average molecular weight is 388 g/mol. The van der Waals surface area contributed by atoms with Crippen LogP contribution in [0.25, 0.3) is 11.4 Å². The van der Waals surface area contributed by atoms with E-state index in [9.17, 15) is 23.1 Å². The number of hydrogen-bond acceptors (Lipinski definition) is 2. The predicted molar refractivity (Wildman–Crippen MR) is 99.4 cm³/mol. The maximum atomic E-state index is 13.1. The van der Waals surface area contributed by atoms with Crippen molar-refractivity contribution < 1.29 is 23.1 Å². The first-order valence-electron chi connectivity index (χ1n) is 8.62. The van der Waals surface area contributed by atoms with Crippen LogP contribution in [0.2, 0.25) is 0 Å². The van der Waals surface area contributed by atoms with Crippen molar-refractivity contribution in [3.63, 3.8) is 0 Å². The Morgan fingerprint density at radius 1 is 1.11 bits per heavy atom. The Morgan fingerprint density at radius 3 is 2.46 bits per heavy atom. The van der Waals surface area contributed by atoms with E-state index in [0.717, 1.165) is 28.8 Å². The molecule has 0 aliphatic rings. The molecule has 0 aliphatic heterocycles. The fourth-order valence-corrected chi connectivity index (χ4v) is 3.19. The van der Waals surface area contributed by atoms with Gasteiger partial charge < -0.3 is 9.67 Å². The maximum absolute atomic E-state index is 13.1. The third-order valence-electron chi connectivity index (χ3n) is 4.63. The molecular weight excluding hydrogens is 369 g/mol. The van der Waals surface area contributed by atoms with Gasteiger partial charge in [0.05, 0.1) is 17.8 Å². The molecule has 3 rings (SSSR count). The second-order valence-electron chi connectivity index (χ2n) is 6.77. The number of carbonyl (C=O) groups is 1. The van der Waals surface area contributed by atoms with Gasteiger partial charge in [0, 0.05) is 5.56 Å². The van der Waals surface area contributed by atoms with Crippen molar-refractivity contribution in [2.75, 3.05) is 0 Å². The first-order valence-corrected chi connectivity index (χ1v) is 8.62. The molecule has 1 N–H and O–H groups in total. The second-order valence-corrected chi connectivity index (χ2v) is 6.77. The van der Waals surface area contributed by atoms with Gasteiger partial charge in [-0.1, -0.05) is 35.9 Å². The van der Waals surface area contributed by atoms with Crippen LogP contribution in [0.5, 0.6) is 0 Å². The van der Waals surface area contributed by atoms with Crippen molar-refractivity contribution in [2.45, 2.75) is 33.5 Å². The number of nitrogens with zero attached hydrogens (tertiary/aromatic N) is 2. The van der Waals surface area contributed by atoms with Gasteiger partial charge in [0.2, 0.25) is 0 Å². The molecule has 146 valence electrons. The molecule has 3 aromatic rings. The molecule has 0 aliphatic carbocycles. The van der Waals surface area contributed by atoms with E-state index in [4.69, 9.17) is 0 Å². The molecule has 1 aromatic heterocycles. The van der Waals surface area contributed by atoms with E-state index in [1.165, 1.54) is 16.7 Å². The van der Waals surface area contributed by atoms with Crippen LogP contribution in [-0.2, 0) is 12.7 Å². The molecule has 0 amide bonds. The number of carboxylic acid groups (broad SMARTS) is 1. The van der Waals surface area contributed by atoms with Crippen LogP contribution >= 0.6 is 0 Å². The zero-order chi connectivity index (χ0) is 20.6. The van der Waals surface area contributed by atoms with E-state index in [1.54, 1.807) is 6.92 Å². The van der Waals surface area contributed by atoms with E-state index in [0.29, 0.717) is 0 Å². The second kappa shape index (κ2) is 7.14. The lowest BCUT2D eigenvalue weighted by molar-refractivity contribution is -0.137. The highest BCUT2D eigenvalue weighted by Crippen LogP contribution is 2.33. The summed E-state index contributed by atoms with van der Waals surface area (Å²) < 4.78 is 40.8. The van der Waals surface area contributed by atoms with Gasteiger partial charge in [-0.2, -0.15) is 13.2 Å². The van der Waals surface area contributed by atoms with Gasteiger partial charge in [-0.3, -0.25) is 0 Å². The molecule has 0 radical (unpaired) electrons. The molecule has 1 heterocycles. The minimum atomic E-state index is -4.49. The highest BCUT2D eigenvalue weighted by atomic mass is 19.4. The average Bonchev–Trinajstić information content (AvgIpc) is 2.94. The summed E-state index contributed by atoms with van der Waals surface area (Å²) in [4.78, 5) is 16.1. The molecule has 0 saturated heterocycles. The molecule has 0 fully saturated rings. The van der Waals surface area contributed by atoms with Crippen LogP contribution in [0.3, 0.4) is 0 Å². The molecule has 0 unspecified atom stereocenters. The summed E-state index contributed by atoms with van der Waals surface area (Å²) in [6, 6.07) is 10.6. The predicted octanol–water partition coefficient (Wildman–Crippen LogP) is 5.24. The summed E-state index contributed by atoms with van der Waals surface area (Å²) in [5, 5.41) is 9.65. The van der Waals surface area contributed by atoms with Crippen LogP contribution in [-0.4, -0.2) is 20.6 Å². The van der Waals surface area contributed by atoms with Gasteiger partial charge in [0.1, 0.15) is 5.82 Å². The standard InChI is InChI=1S/C21H19F3N2O2/c1-12-7-8-13(2)16(9-12)11-26-18(20(27)28)14(3)25-19(26)15-5-4-6-17(10-15)21(22,23)24/h4-10H,11H2,1-3H3,(H,27,28). The third kappa shape index (κ3) is 3.78. The molecule has 7 heteroatoms. The molecular formula is C21H19F3N2O2. The summed E-state index contributed by atoms with van der Waals surface area (Å²) in [6.45, 7) is 5.57. The fourth-order valence-electron chi connectivity index (χ4n) is 3.19. The van der Waals surface area contributed by atoms with E-state index < -0.39 is 17.7 Å². The third-order valence-corrected chi connectivity index (χ3v) is 4.63. The fraction of sp³-hybridized carbons (Fsp3) is 0.238. The lowest BCUT2D eigenvalue weighted by Gasteiger charge is -2.14. The van der Waals surface area contributed by atoms with Crippen LogP contribution in [0.1, 0.15) is 38.4 Å². The van der Waals surface area contributed by atoms with Gasteiger partial charge in [0.25, 0.3) is 0 Å². The topological polar surface area (TPSA) is 55.1 Å². The number of imidazole rings is 1. The van der Waals surface area contributed by atoms with Gasteiger partial charge >= 0.3 is 12.1 Å². The van der Waals surface area contributed by atoms with Crippen LogP contribution in [0, 0.1) is 20.8 Å². The van der Waals surface area contributed by atoms with E-state index in [-0.39, 0.29) is 29.3 Å². The zero-order valence-corrected chi connectivity index (χ0v) is 15.6. The largest absolute Gasteiger partial charge is 0.477 e. The zero-order valence-electron chi connectivity index (χ0n) is 15.6. The minimum Gasteiger partial charge on any atom is -0.477 e.